The smallest absolute Gasteiger partial charge is 0.0372 e. The summed E-state index contributed by atoms with van der Waals surface area (Å²) in [4.78, 5) is 6.85. The van der Waals surface area contributed by atoms with Crippen molar-refractivity contribution >= 4 is 0 Å². The van der Waals surface area contributed by atoms with Gasteiger partial charge in [-0.15, -0.1) is 0 Å². The zero-order valence-electron chi connectivity index (χ0n) is 10.9. The highest BCUT2D eigenvalue weighted by molar-refractivity contribution is 5.13. The van der Waals surface area contributed by atoms with Gasteiger partial charge in [0, 0.05) is 24.5 Å². The zero-order chi connectivity index (χ0) is 12.3. The van der Waals surface area contributed by atoms with Crippen molar-refractivity contribution in [2.24, 2.45) is 11.7 Å². The van der Waals surface area contributed by atoms with Crippen LogP contribution in [-0.4, -0.2) is 29.0 Å². The van der Waals surface area contributed by atoms with E-state index in [0.29, 0.717) is 12.0 Å². The highest BCUT2D eigenvalue weighted by atomic mass is 15.1. The molecule has 0 spiro atoms. The Kier molecular flexibility index (Phi) is 4.13. The Hall–Kier alpha value is -0.930. The van der Waals surface area contributed by atoms with Crippen LogP contribution in [0, 0.1) is 12.8 Å². The second kappa shape index (κ2) is 5.61. The van der Waals surface area contributed by atoms with E-state index >= 15 is 0 Å². The Morgan fingerprint density at radius 2 is 2.12 bits per heavy atom. The maximum atomic E-state index is 5.95. The van der Waals surface area contributed by atoms with Crippen molar-refractivity contribution < 1.29 is 0 Å². The molecule has 1 fully saturated rings. The SMILES string of the molecule is Cc1ccc(CN2CCC(C(C)N)CC2)cn1. The minimum Gasteiger partial charge on any atom is -0.328 e. The third kappa shape index (κ3) is 3.51. The first kappa shape index (κ1) is 12.5. The van der Waals surface area contributed by atoms with Gasteiger partial charge in [-0.25, -0.2) is 0 Å². The average molecular weight is 233 g/mol. The summed E-state index contributed by atoms with van der Waals surface area (Å²) in [6.45, 7) is 7.52. The van der Waals surface area contributed by atoms with Crippen LogP contribution in [0.25, 0.3) is 0 Å². The lowest BCUT2D eigenvalue weighted by atomic mass is 9.91. The molecule has 0 aliphatic carbocycles. The number of aryl methyl sites for hydroxylation is 1. The number of nitrogens with two attached hydrogens (primary N) is 1. The highest BCUT2D eigenvalue weighted by Gasteiger charge is 2.21. The molecule has 1 unspecified atom stereocenters. The Labute approximate surface area is 104 Å². The summed E-state index contributed by atoms with van der Waals surface area (Å²) in [6.07, 6.45) is 4.46. The van der Waals surface area contributed by atoms with Crippen molar-refractivity contribution in [1.29, 1.82) is 0 Å². The normalized spacial score (nSPS) is 20.4. The topological polar surface area (TPSA) is 42.1 Å². The lowest BCUT2D eigenvalue weighted by Crippen LogP contribution is -2.39. The van der Waals surface area contributed by atoms with Gasteiger partial charge < -0.3 is 5.73 Å². The van der Waals surface area contributed by atoms with Crippen LogP contribution in [0.15, 0.2) is 18.3 Å². The Morgan fingerprint density at radius 3 is 2.65 bits per heavy atom. The fourth-order valence-corrected chi connectivity index (χ4v) is 2.49. The zero-order valence-corrected chi connectivity index (χ0v) is 10.9. The molecule has 1 aromatic rings. The number of likely N-dealkylation sites (tertiary alicyclic amines) is 1. The molecule has 2 rings (SSSR count). The Bertz CT molecular complexity index is 337. The van der Waals surface area contributed by atoms with Gasteiger partial charge in [0.05, 0.1) is 0 Å². The first-order valence-corrected chi connectivity index (χ1v) is 6.54. The number of hydrogen-bond donors (Lipinski definition) is 1. The van der Waals surface area contributed by atoms with E-state index in [-0.39, 0.29) is 0 Å². The van der Waals surface area contributed by atoms with Crippen LogP contribution >= 0.6 is 0 Å². The van der Waals surface area contributed by atoms with Crippen molar-refractivity contribution in [3.63, 3.8) is 0 Å². The molecule has 1 aromatic heterocycles. The molecular formula is C14H23N3. The first-order valence-electron chi connectivity index (χ1n) is 6.54. The second-order valence-corrected chi connectivity index (χ2v) is 5.28. The molecule has 2 N–H and O–H groups in total. The number of piperidine rings is 1. The van der Waals surface area contributed by atoms with Gasteiger partial charge in [0.1, 0.15) is 0 Å². The molecule has 2 heterocycles. The van der Waals surface area contributed by atoms with Crippen molar-refractivity contribution in [2.45, 2.75) is 39.3 Å². The summed E-state index contributed by atoms with van der Waals surface area (Å²) in [5, 5.41) is 0. The summed E-state index contributed by atoms with van der Waals surface area (Å²) < 4.78 is 0. The van der Waals surface area contributed by atoms with E-state index < -0.39 is 0 Å². The van der Waals surface area contributed by atoms with Gasteiger partial charge in [0.25, 0.3) is 0 Å². The number of aromatic nitrogens is 1. The molecule has 0 amide bonds. The molecule has 0 radical (unpaired) electrons. The minimum atomic E-state index is 0.346. The summed E-state index contributed by atoms with van der Waals surface area (Å²) in [5.74, 6) is 0.711. The third-order valence-electron chi connectivity index (χ3n) is 3.75. The van der Waals surface area contributed by atoms with E-state index in [0.717, 1.165) is 12.2 Å². The molecule has 0 aromatic carbocycles. The third-order valence-corrected chi connectivity index (χ3v) is 3.75. The molecule has 0 saturated carbocycles. The van der Waals surface area contributed by atoms with E-state index in [4.69, 9.17) is 5.73 Å². The van der Waals surface area contributed by atoms with Crippen LogP contribution in [0.2, 0.25) is 0 Å². The molecule has 3 nitrogen and oxygen atoms in total. The van der Waals surface area contributed by atoms with Crippen LogP contribution in [0.1, 0.15) is 31.0 Å². The first-order chi connectivity index (χ1) is 8.15. The molecule has 17 heavy (non-hydrogen) atoms. The lowest BCUT2D eigenvalue weighted by Gasteiger charge is -2.33. The van der Waals surface area contributed by atoms with E-state index in [1.54, 1.807) is 0 Å². The molecule has 1 atom stereocenters. The highest BCUT2D eigenvalue weighted by Crippen LogP contribution is 2.20. The molecule has 3 heteroatoms. The molecular weight excluding hydrogens is 210 g/mol. The molecule has 1 aliphatic rings. The largest absolute Gasteiger partial charge is 0.328 e. The molecule has 1 saturated heterocycles. The van der Waals surface area contributed by atoms with Gasteiger partial charge in [-0.2, -0.15) is 0 Å². The van der Waals surface area contributed by atoms with Crippen LogP contribution in [-0.2, 0) is 6.54 Å². The Balaban J connectivity index is 1.84. The van der Waals surface area contributed by atoms with Crippen molar-refractivity contribution in [2.75, 3.05) is 13.1 Å². The number of rotatable bonds is 3. The molecule has 94 valence electrons. The average Bonchev–Trinajstić information content (AvgIpc) is 2.33. The van der Waals surface area contributed by atoms with Crippen LogP contribution in [0.4, 0.5) is 0 Å². The molecule has 0 bridgehead atoms. The van der Waals surface area contributed by atoms with Crippen molar-refractivity contribution in [3.05, 3.63) is 29.6 Å². The quantitative estimate of drug-likeness (QED) is 0.867. The van der Waals surface area contributed by atoms with E-state index in [1.807, 2.05) is 13.1 Å². The summed E-state index contributed by atoms with van der Waals surface area (Å²) in [6, 6.07) is 4.61. The second-order valence-electron chi connectivity index (χ2n) is 5.28. The van der Waals surface area contributed by atoms with E-state index in [1.165, 1.54) is 31.5 Å². The fourth-order valence-electron chi connectivity index (χ4n) is 2.49. The maximum absolute atomic E-state index is 5.95. The number of hydrogen-bond acceptors (Lipinski definition) is 3. The van der Waals surface area contributed by atoms with Crippen LogP contribution in [0.3, 0.4) is 0 Å². The van der Waals surface area contributed by atoms with Gasteiger partial charge in [0.2, 0.25) is 0 Å². The number of nitrogens with zero attached hydrogens (tertiary/aromatic N) is 2. The van der Waals surface area contributed by atoms with Gasteiger partial charge >= 0.3 is 0 Å². The summed E-state index contributed by atoms with van der Waals surface area (Å²) in [7, 11) is 0. The predicted octanol–water partition coefficient (Wildman–Crippen LogP) is 1.95. The maximum Gasteiger partial charge on any atom is 0.0372 e. The minimum absolute atomic E-state index is 0.346. The van der Waals surface area contributed by atoms with E-state index in [9.17, 15) is 0 Å². The standard InChI is InChI=1S/C14H23N3/c1-11-3-4-13(9-16-11)10-17-7-5-14(6-8-17)12(2)15/h3-4,9,12,14H,5-8,10,15H2,1-2H3. The molecule has 1 aliphatic heterocycles. The summed E-state index contributed by atoms with van der Waals surface area (Å²) in [5.41, 5.74) is 8.36. The predicted molar refractivity (Wildman–Crippen MR) is 70.6 cm³/mol. The van der Waals surface area contributed by atoms with Gasteiger partial charge in [0.15, 0.2) is 0 Å². The van der Waals surface area contributed by atoms with Crippen LogP contribution < -0.4 is 5.73 Å². The van der Waals surface area contributed by atoms with Gasteiger partial charge in [-0.1, -0.05) is 6.07 Å². The summed E-state index contributed by atoms with van der Waals surface area (Å²) >= 11 is 0. The fraction of sp³-hybridized carbons (Fsp3) is 0.643. The lowest BCUT2D eigenvalue weighted by molar-refractivity contribution is 0.165. The Morgan fingerprint density at radius 1 is 1.41 bits per heavy atom. The van der Waals surface area contributed by atoms with Crippen molar-refractivity contribution in [1.82, 2.24) is 9.88 Å². The van der Waals surface area contributed by atoms with Crippen LogP contribution in [0.5, 0.6) is 0 Å². The van der Waals surface area contributed by atoms with Gasteiger partial charge in [-0.05, 0) is 57.3 Å². The monoisotopic (exact) mass is 233 g/mol. The van der Waals surface area contributed by atoms with Crippen molar-refractivity contribution in [3.8, 4) is 0 Å². The number of pyridine rings is 1. The van der Waals surface area contributed by atoms with Gasteiger partial charge in [-0.3, -0.25) is 9.88 Å². The van der Waals surface area contributed by atoms with E-state index in [2.05, 4.69) is 28.9 Å².